The number of para-hydroxylation sites is 1. The summed E-state index contributed by atoms with van der Waals surface area (Å²) < 4.78 is 50.2. The van der Waals surface area contributed by atoms with Crippen LogP contribution in [0, 0.1) is 25.2 Å². The minimum atomic E-state index is -4.55. The van der Waals surface area contributed by atoms with Gasteiger partial charge in [0.1, 0.15) is 29.7 Å². The molecule has 0 aromatic heterocycles. The first-order valence-electron chi connectivity index (χ1n) is 10.6. The number of hydrogen-bond acceptors (Lipinski definition) is 4. The lowest BCUT2D eigenvalue weighted by atomic mass is 10.1. The Labute approximate surface area is 201 Å². The van der Waals surface area contributed by atoms with E-state index in [1.165, 1.54) is 25.3 Å². The third-order valence-corrected chi connectivity index (χ3v) is 5.21. The Kier molecular flexibility index (Phi) is 7.82. The molecular formula is C27H23F3N2O3. The minimum absolute atomic E-state index is 0.0663. The second-order valence-electron chi connectivity index (χ2n) is 7.78. The molecule has 1 amide bonds. The summed E-state index contributed by atoms with van der Waals surface area (Å²) in [4.78, 5) is 12.6. The molecule has 0 atom stereocenters. The number of nitrogens with zero attached hydrogens (tertiary/aromatic N) is 1. The van der Waals surface area contributed by atoms with Crippen molar-refractivity contribution in [2.75, 3.05) is 12.4 Å². The van der Waals surface area contributed by atoms with E-state index in [9.17, 15) is 23.2 Å². The maximum Gasteiger partial charge on any atom is 0.416 e. The quantitative estimate of drug-likeness (QED) is 0.311. The molecule has 1 N–H and O–H groups in total. The highest BCUT2D eigenvalue weighted by atomic mass is 19.4. The molecule has 0 heterocycles. The molecule has 3 aromatic carbocycles. The number of anilines is 1. The summed E-state index contributed by atoms with van der Waals surface area (Å²) in [5.74, 6) is 0.505. The first-order valence-corrected chi connectivity index (χ1v) is 10.6. The number of hydrogen-bond donors (Lipinski definition) is 1. The van der Waals surface area contributed by atoms with Crippen LogP contribution in [0.4, 0.5) is 18.9 Å². The summed E-state index contributed by atoms with van der Waals surface area (Å²) in [5, 5.41) is 11.8. The molecule has 3 aromatic rings. The Morgan fingerprint density at radius 2 is 1.74 bits per heavy atom. The predicted molar refractivity (Wildman–Crippen MR) is 127 cm³/mol. The molecule has 0 aliphatic rings. The number of alkyl halides is 3. The largest absolute Gasteiger partial charge is 0.496 e. The van der Waals surface area contributed by atoms with Crippen LogP contribution in [0.2, 0.25) is 0 Å². The van der Waals surface area contributed by atoms with Gasteiger partial charge in [-0.25, -0.2) is 0 Å². The molecule has 5 nitrogen and oxygen atoms in total. The normalized spacial score (nSPS) is 11.5. The lowest BCUT2D eigenvalue weighted by molar-refractivity contribution is -0.137. The zero-order valence-electron chi connectivity index (χ0n) is 19.4. The van der Waals surface area contributed by atoms with Crippen LogP contribution in [0.1, 0.15) is 27.8 Å². The van der Waals surface area contributed by atoms with Crippen LogP contribution in [-0.2, 0) is 17.6 Å². The second kappa shape index (κ2) is 10.8. The fraction of sp³-hybridized carbons (Fsp3) is 0.185. The zero-order chi connectivity index (χ0) is 25.6. The van der Waals surface area contributed by atoms with Gasteiger partial charge in [0, 0.05) is 11.3 Å². The number of nitrogens with one attached hydrogen (secondary N) is 1. The van der Waals surface area contributed by atoms with Crippen LogP contribution in [-0.4, -0.2) is 13.0 Å². The Morgan fingerprint density at radius 1 is 1.06 bits per heavy atom. The van der Waals surface area contributed by atoms with E-state index in [1.807, 2.05) is 32.0 Å². The van der Waals surface area contributed by atoms with Crippen molar-refractivity contribution in [1.82, 2.24) is 0 Å². The third kappa shape index (κ3) is 6.42. The van der Waals surface area contributed by atoms with Crippen molar-refractivity contribution in [2.45, 2.75) is 26.6 Å². The van der Waals surface area contributed by atoms with E-state index in [4.69, 9.17) is 9.47 Å². The number of halogens is 3. The molecule has 0 saturated heterocycles. The van der Waals surface area contributed by atoms with Gasteiger partial charge in [0.25, 0.3) is 5.91 Å². The third-order valence-electron chi connectivity index (χ3n) is 5.21. The van der Waals surface area contributed by atoms with E-state index in [0.29, 0.717) is 16.9 Å². The van der Waals surface area contributed by atoms with Crippen molar-refractivity contribution < 1.29 is 27.4 Å². The topological polar surface area (TPSA) is 71.3 Å². The van der Waals surface area contributed by atoms with Crippen molar-refractivity contribution in [2.24, 2.45) is 0 Å². The van der Waals surface area contributed by atoms with Crippen molar-refractivity contribution in [3.05, 3.63) is 94.1 Å². The molecule has 0 aliphatic heterocycles. The maximum atomic E-state index is 12.9. The van der Waals surface area contributed by atoms with E-state index in [-0.39, 0.29) is 17.9 Å². The lowest BCUT2D eigenvalue weighted by Gasteiger charge is -2.14. The van der Waals surface area contributed by atoms with Crippen molar-refractivity contribution >= 4 is 17.7 Å². The van der Waals surface area contributed by atoms with Crippen molar-refractivity contribution in [3.63, 3.8) is 0 Å². The number of aryl methyl sites for hydroxylation is 2. The fourth-order valence-electron chi connectivity index (χ4n) is 3.46. The van der Waals surface area contributed by atoms with Gasteiger partial charge in [0.05, 0.1) is 12.7 Å². The van der Waals surface area contributed by atoms with Crippen molar-refractivity contribution in [3.8, 4) is 17.6 Å². The summed E-state index contributed by atoms with van der Waals surface area (Å²) >= 11 is 0. The maximum absolute atomic E-state index is 12.9. The Balaban J connectivity index is 1.83. The highest BCUT2D eigenvalue weighted by Gasteiger charge is 2.30. The van der Waals surface area contributed by atoms with Gasteiger partial charge in [-0.1, -0.05) is 30.3 Å². The lowest BCUT2D eigenvalue weighted by Crippen LogP contribution is -2.14. The average molecular weight is 480 g/mol. The molecule has 0 unspecified atom stereocenters. The van der Waals surface area contributed by atoms with Gasteiger partial charge < -0.3 is 14.8 Å². The summed E-state index contributed by atoms with van der Waals surface area (Å²) in [6, 6.07) is 16.9. The average Bonchev–Trinajstić information content (AvgIpc) is 2.82. The monoisotopic (exact) mass is 480 g/mol. The smallest absolute Gasteiger partial charge is 0.416 e. The summed E-state index contributed by atoms with van der Waals surface area (Å²) in [5.41, 5.74) is 1.95. The number of rotatable bonds is 7. The van der Waals surface area contributed by atoms with Gasteiger partial charge >= 0.3 is 6.18 Å². The first kappa shape index (κ1) is 25.4. The Bertz CT molecular complexity index is 1290. The molecule has 0 aliphatic carbocycles. The van der Waals surface area contributed by atoms with Crippen LogP contribution < -0.4 is 14.8 Å². The number of carbonyl (C=O) groups is 1. The second-order valence-corrected chi connectivity index (χ2v) is 7.78. The SMILES string of the molecule is COc1ccc(/C=C(\C#N)C(=O)Nc2cccc(C(F)(F)F)c2)cc1COc1c(C)cccc1C. The van der Waals surface area contributed by atoms with Gasteiger partial charge in [0.15, 0.2) is 0 Å². The number of amides is 1. The van der Waals surface area contributed by atoms with Crippen LogP contribution in [0.3, 0.4) is 0 Å². The van der Waals surface area contributed by atoms with E-state index in [1.54, 1.807) is 24.3 Å². The van der Waals surface area contributed by atoms with Gasteiger partial charge in [-0.2, -0.15) is 18.4 Å². The molecule has 0 saturated carbocycles. The predicted octanol–water partition coefficient (Wildman–Crippen LogP) is 6.46. The molecule has 3 rings (SSSR count). The van der Waals surface area contributed by atoms with E-state index >= 15 is 0 Å². The van der Waals surface area contributed by atoms with Gasteiger partial charge in [-0.3, -0.25) is 4.79 Å². The molecular weight excluding hydrogens is 457 g/mol. The van der Waals surface area contributed by atoms with Gasteiger partial charge in [-0.15, -0.1) is 0 Å². The number of carbonyl (C=O) groups excluding carboxylic acids is 1. The first-order chi connectivity index (χ1) is 16.6. The van der Waals surface area contributed by atoms with E-state index in [0.717, 1.165) is 29.0 Å². The fourth-order valence-corrected chi connectivity index (χ4v) is 3.46. The van der Waals surface area contributed by atoms with E-state index in [2.05, 4.69) is 5.32 Å². The van der Waals surface area contributed by atoms with Crippen LogP contribution in [0.5, 0.6) is 11.5 Å². The van der Waals surface area contributed by atoms with Gasteiger partial charge in [0.2, 0.25) is 0 Å². The Hall–Kier alpha value is -4.25. The molecule has 0 fully saturated rings. The summed E-state index contributed by atoms with van der Waals surface area (Å²) in [6.07, 6.45) is -3.20. The van der Waals surface area contributed by atoms with Crippen LogP contribution in [0.15, 0.2) is 66.2 Å². The highest BCUT2D eigenvalue weighted by Crippen LogP contribution is 2.31. The number of ether oxygens (including phenoxy) is 2. The molecule has 180 valence electrons. The standard InChI is InChI=1S/C27H23F3N2O3/c1-17-6-4-7-18(2)25(17)35-16-21-13-19(10-11-24(21)34-3)12-20(15-31)26(33)32-23-9-5-8-22(14-23)27(28,29)30/h4-14H,16H2,1-3H3,(H,32,33)/b20-12+. The van der Waals surface area contributed by atoms with Crippen molar-refractivity contribution in [1.29, 1.82) is 5.26 Å². The zero-order valence-corrected chi connectivity index (χ0v) is 19.4. The highest BCUT2D eigenvalue weighted by molar-refractivity contribution is 6.09. The van der Waals surface area contributed by atoms with Crippen LogP contribution in [0.25, 0.3) is 6.08 Å². The molecule has 0 radical (unpaired) electrons. The van der Waals surface area contributed by atoms with Gasteiger partial charge in [-0.05, 0) is 66.9 Å². The molecule has 8 heteroatoms. The molecule has 35 heavy (non-hydrogen) atoms. The Morgan fingerprint density at radius 3 is 2.37 bits per heavy atom. The molecule has 0 spiro atoms. The number of nitriles is 1. The van der Waals surface area contributed by atoms with Crippen LogP contribution >= 0.6 is 0 Å². The summed E-state index contributed by atoms with van der Waals surface area (Å²) in [7, 11) is 1.52. The number of benzene rings is 3. The number of methoxy groups -OCH3 is 1. The molecule has 0 bridgehead atoms. The van der Waals surface area contributed by atoms with E-state index < -0.39 is 17.6 Å². The minimum Gasteiger partial charge on any atom is -0.496 e. The summed E-state index contributed by atoms with van der Waals surface area (Å²) in [6.45, 7) is 4.08.